The van der Waals surface area contributed by atoms with E-state index < -0.39 is 0 Å². The number of hydrogen-bond acceptors (Lipinski definition) is 3. The SMILES string of the molecule is CCCOc1ccc2ccccc2c1C(=O)c1ccc(N)cc1. The molecule has 116 valence electrons. The molecule has 0 unspecified atom stereocenters. The summed E-state index contributed by atoms with van der Waals surface area (Å²) in [6.45, 7) is 2.63. The number of rotatable bonds is 5. The molecule has 3 rings (SSSR count). The Morgan fingerprint density at radius 2 is 1.74 bits per heavy atom. The predicted molar refractivity (Wildman–Crippen MR) is 94.0 cm³/mol. The lowest BCUT2D eigenvalue weighted by molar-refractivity contribution is 0.103. The van der Waals surface area contributed by atoms with Gasteiger partial charge in [0.15, 0.2) is 5.78 Å². The van der Waals surface area contributed by atoms with Gasteiger partial charge in [0.2, 0.25) is 0 Å². The average Bonchev–Trinajstić information content (AvgIpc) is 2.59. The first-order chi connectivity index (χ1) is 11.2. The molecule has 3 heteroatoms. The summed E-state index contributed by atoms with van der Waals surface area (Å²) in [5, 5.41) is 1.93. The zero-order valence-corrected chi connectivity index (χ0v) is 13.1. The number of nitrogen functional groups attached to an aromatic ring is 1. The number of carbonyl (C=O) groups excluding carboxylic acids is 1. The molecule has 0 aliphatic heterocycles. The highest BCUT2D eigenvalue weighted by Gasteiger charge is 2.18. The minimum atomic E-state index is -0.0482. The Morgan fingerprint density at radius 3 is 2.48 bits per heavy atom. The average molecular weight is 305 g/mol. The van der Waals surface area contributed by atoms with Gasteiger partial charge >= 0.3 is 0 Å². The van der Waals surface area contributed by atoms with Crippen LogP contribution in [0.5, 0.6) is 5.75 Å². The van der Waals surface area contributed by atoms with E-state index in [9.17, 15) is 4.79 Å². The molecule has 0 radical (unpaired) electrons. The number of ether oxygens (including phenoxy) is 1. The summed E-state index contributed by atoms with van der Waals surface area (Å²) in [7, 11) is 0. The van der Waals surface area contributed by atoms with Crippen LogP contribution in [0.15, 0.2) is 60.7 Å². The standard InChI is InChI=1S/C20H19NO2/c1-2-13-23-18-12-9-14-5-3-4-6-17(14)19(18)20(22)15-7-10-16(21)11-8-15/h3-12H,2,13,21H2,1H3. The smallest absolute Gasteiger partial charge is 0.197 e. The van der Waals surface area contributed by atoms with Crippen LogP contribution in [-0.4, -0.2) is 12.4 Å². The van der Waals surface area contributed by atoms with Crippen molar-refractivity contribution < 1.29 is 9.53 Å². The zero-order valence-electron chi connectivity index (χ0n) is 13.1. The molecule has 0 spiro atoms. The lowest BCUT2D eigenvalue weighted by Crippen LogP contribution is -2.07. The van der Waals surface area contributed by atoms with Crippen LogP contribution in [0.2, 0.25) is 0 Å². The Kier molecular flexibility index (Phi) is 4.29. The van der Waals surface area contributed by atoms with Gasteiger partial charge in [0, 0.05) is 11.3 Å². The number of carbonyl (C=O) groups is 1. The molecule has 3 aromatic carbocycles. The third-order valence-corrected chi connectivity index (χ3v) is 3.75. The largest absolute Gasteiger partial charge is 0.493 e. The minimum absolute atomic E-state index is 0.0482. The van der Waals surface area contributed by atoms with Crippen LogP contribution < -0.4 is 10.5 Å². The van der Waals surface area contributed by atoms with Crippen molar-refractivity contribution in [3.63, 3.8) is 0 Å². The molecule has 0 aliphatic carbocycles. The maximum absolute atomic E-state index is 13.0. The van der Waals surface area contributed by atoms with Crippen molar-refractivity contribution in [2.24, 2.45) is 0 Å². The van der Waals surface area contributed by atoms with Crippen molar-refractivity contribution in [3.8, 4) is 5.75 Å². The van der Waals surface area contributed by atoms with Crippen molar-refractivity contribution >= 4 is 22.2 Å². The summed E-state index contributed by atoms with van der Waals surface area (Å²) in [6.07, 6.45) is 0.891. The summed E-state index contributed by atoms with van der Waals surface area (Å²) < 4.78 is 5.82. The van der Waals surface area contributed by atoms with Crippen LogP contribution in [0.1, 0.15) is 29.3 Å². The Hall–Kier alpha value is -2.81. The second-order valence-corrected chi connectivity index (χ2v) is 5.46. The van der Waals surface area contributed by atoms with Gasteiger partial charge in [0.25, 0.3) is 0 Å². The van der Waals surface area contributed by atoms with E-state index in [1.165, 1.54) is 0 Å². The van der Waals surface area contributed by atoms with Gasteiger partial charge in [-0.05, 0) is 47.5 Å². The third-order valence-electron chi connectivity index (χ3n) is 3.75. The Morgan fingerprint density at radius 1 is 1.00 bits per heavy atom. The molecule has 0 fully saturated rings. The molecule has 0 heterocycles. The van der Waals surface area contributed by atoms with Crippen LogP contribution >= 0.6 is 0 Å². The van der Waals surface area contributed by atoms with Crippen molar-refractivity contribution in [2.45, 2.75) is 13.3 Å². The van der Waals surface area contributed by atoms with Gasteiger partial charge in [0.1, 0.15) is 5.75 Å². The van der Waals surface area contributed by atoms with Crippen molar-refractivity contribution in [2.75, 3.05) is 12.3 Å². The van der Waals surface area contributed by atoms with Crippen LogP contribution in [0.25, 0.3) is 10.8 Å². The molecule has 0 aromatic heterocycles. The Balaban J connectivity index is 2.15. The number of ketones is 1. The normalized spacial score (nSPS) is 10.7. The second-order valence-electron chi connectivity index (χ2n) is 5.46. The second kappa shape index (κ2) is 6.53. The molecule has 3 nitrogen and oxygen atoms in total. The lowest BCUT2D eigenvalue weighted by Gasteiger charge is -2.13. The molecular formula is C20H19NO2. The molecule has 2 N–H and O–H groups in total. The summed E-state index contributed by atoms with van der Waals surface area (Å²) in [5.41, 5.74) is 7.58. The van der Waals surface area contributed by atoms with E-state index in [0.29, 0.717) is 29.2 Å². The molecule has 0 saturated heterocycles. The lowest BCUT2D eigenvalue weighted by atomic mass is 9.96. The fourth-order valence-corrected chi connectivity index (χ4v) is 2.60. The molecule has 0 saturated carbocycles. The molecular weight excluding hydrogens is 286 g/mol. The van der Waals surface area contributed by atoms with E-state index in [4.69, 9.17) is 10.5 Å². The summed E-state index contributed by atoms with van der Waals surface area (Å²) in [4.78, 5) is 13.0. The first-order valence-corrected chi connectivity index (χ1v) is 7.75. The number of fused-ring (bicyclic) bond motifs is 1. The molecule has 23 heavy (non-hydrogen) atoms. The Labute approximate surface area is 135 Å². The molecule has 0 amide bonds. The summed E-state index contributed by atoms with van der Waals surface area (Å²) >= 11 is 0. The summed E-state index contributed by atoms with van der Waals surface area (Å²) in [5.74, 6) is 0.584. The number of nitrogens with two attached hydrogens (primary N) is 1. The van der Waals surface area contributed by atoms with Gasteiger partial charge in [-0.15, -0.1) is 0 Å². The van der Waals surface area contributed by atoms with Gasteiger partial charge < -0.3 is 10.5 Å². The fourth-order valence-electron chi connectivity index (χ4n) is 2.60. The van der Waals surface area contributed by atoms with Crippen LogP contribution in [0.4, 0.5) is 5.69 Å². The van der Waals surface area contributed by atoms with E-state index in [1.807, 2.05) is 43.3 Å². The first-order valence-electron chi connectivity index (χ1n) is 7.75. The minimum Gasteiger partial charge on any atom is -0.493 e. The van der Waals surface area contributed by atoms with Crippen molar-refractivity contribution in [1.29, 1.82) is 0 Å². The number of benzene rings is 3. The molecule has 0 aliphatic rings. The van der Waals surface area contributed by atoms with Crippen LogP contribution in [0.3, 0.4) is 0 Å². The van der Waals surface area contributed by atoms with E-state index in [2.05, 4.69) is 0 Å². The molecule has 0 bridgehead atoms. The highest BCUT2D eigenvalue weighted by atomic mass is 16.5. The van der Waals surface area contributed by atoms with Crippen LogP contribution in [-0.2, 0) is 0 Å². The van der Waals surface area contributed by atoms with Gasteiger partial charge in [-0.1, -0.05) is 37.3 Å². The van der Waals surface area contributed by atoms with Gasteiger partial charge in [-0.3, -0.25) is 4.79 Å². The topological polar surface area (TPSA) is 52.3 Å². The fraction of sp³-hybridized carbons (Fsp3) is 0.150. The van der Waals surface area contributed by atoms with Crippen LogP contribution in [0, 0.1) is 0 Å². The van der Waals surface area contributed by atoms with Gasteiger partial charge in [-0.2, -0.15) is 0 Å². The van der Waals surface area contributed by atoms with Crippen molar-refractivity contribution in [3.05, 3.63) is 71.8 Å². The van der Waals surface area contributed by atoms with E-state index in [1.54, 1.807) is 24.3 Å². The first kappa shape index (κ1) is 15.1. The molecule has 0 atom stereocenters. The third kappa shape index (κ3) is 3.04. The quantitative estimate of drug-likeness (QED) is 0.560. The number of anilines is 1. The van der Waals surface area contributed by atoms with E-state index >= 15 is 0 Å². The highest BCUT2D eigenvalue weighted by Crippen LogP contribution is 2.30. The van der Waals surface area contributed by atoms with E-state index in [0.717, 1.165) is 17.2 Å². The maximum Gasteiger partial charge on any atom is 0.197 e. The maximum atomic E-state index is 13.0. The monoisotopic (exact) mass is 305 g/mol. The summed E-state index contributed by atoms with van der Waals surface area (Å²) in [6, 6.07) is 18.7. The van der Waals surface area contributed by atoms with Gasteiger partial charge in [0.05, 0.1) is 12.2 Å². The zero-order chi connectivity index (χ0) is 16.2. The predicted octanol–water partition coefficient (Wildman–Crippen LogP) is 4.44. The molecule has 3 aromatic rings. The highest BCUT2D eigenvalue weighted by molar-refractivity contribution is 6.18. The van der Waals surface area contributed by atoms with Gasteiger partial charge in [-0.25, -0.2) is 0 Å². The number of hydrogen-bond donors (Lipinski definition) is 1. The van der Waals surface area contributed by atoms with Crippen molar-refractivity contribution in [1.82, 2.24) is 0 Å². The Bertz CT molecular complexity index is 838. The van der Waals surface area contributed by atoms with E-state index in [-0.39, 0.29) is 5.78 Å².